The van der Waals surface area contributed by atoms with Crippen molar-refractivity contribution in [3.63, 3.8) is 0 Å². The van der Waals surface area contributed by atoms with Crippen LogP contribution in [0, 0.1) is 5.92 Å². The van der Waals surface area contributed by atoms with E-state index in [4.69, 9.17) is 4.74 Å². The van der Waals surface area contributed by atoms with E-state index in [1.54, 1.807) is 0 Å². The third-order valence-electron chi connectivity index (χ3n) is 4.51. The zero-order chi connectivity index (χ0) is 16.5. The van der Waals surface area contributed by atoms with Gasteiger partial charge in [0.25, 0.3) is 0 Å². The Morgan fingerprint density at radius 3 is 3.00 bits per heavy atom. The average Bonchev–Trinajstić information content (AvgIpc) is 3.09. The highest BCUT2D eigenvalue weighted by Gasteiger charge is 2.28. The van der Waals surface area contributed by atoms with Crippen molar-refractivity contribution in [2.24, 2.45) is 10.9 Å². The predicted molar refractivity (Wildman–Crippen MR) is 93.7 cm³/mol. The van der Waals surface area contributed by atoms with Gasteiger partial charge < -0.3 is 19.5 Å². The molecule has 130 valence electrons. The van der Waals surface area contributed by atoms with E-state index in [0.717, 1.165) is 51.6 Å². The first-order valence-corrected chi connectivity index (χ1v) is 8.77. The Kier molecular flexibility index (Phi) is 7.39. The number of rotatable bonds is 7. The molecule has 2 heterocycles. The number of hydrogen-bond acceptors (Lipinski definition) is 3. The Labute approximate surface area is 139 Å². The fraction of sp³-hybridized carbons (Fsp3) is 0.765. The van der Waals surface area contributed by atoms with Gasteiger partial charge in [-0.3, -0.25) is 4.99 Å². The maximum absolute atomic E-state index is 5.60. The minimum absolute atomic E-state index is 0.450. The number of ether oxygens (including phenoxy) is 1. The molecular weight excluding hydrogens is 290 g/mol. The van der Waals surface area contributed by atoms with Crippen molar-refractivity contribution in [2.45, 2.75) is 39.2 Å². The van der Waals surface area contributed by atoms with Gasteiger partial charge >= 0.3 is 0 Å². The zero-order valence-electron chi connectivity index (χ0n) is 14.7. The highest BCUT2D eigenvalue weighted by atomic mass is 16.5. The van der Waals surface area contributed by atoms with Crippen molar-refractivity contribution in [3.8, 4) is 0 Å². The van der Waals surface area contributed by atoms with E-state index in [1.807, 2.05) is 19.6 Å². The van der Waals surface area contributed by atoms with Crippen molar-refractivity contribution in [3.05, 3.63) is 18.7 Å². The molecule has 0 spiro atoms. The number of nitrogens with zero attached hydrogens (tertiary/aromatic N) is 4. The first kappa shape index (κ1) is 17.8. The van der Waals surface area contributed by atoms with Gasteiger partial charge in [0, 0.05) is 45.7 Å². The monoisotopic (exact) mass is 321 g/mol. The normalized spacial score (nSPS) is 22.4. The minimum Gasteiger partial charge on any atom is -0.380 e. The SMILES string of the molecule is CCCCOCCNC(=NC)N1CCC(C)C(n2ccnc2)C1. The third-order valence-corrected chi connectivity index (χ3v) is 4.51. The largest absolute Gasteiger partial charge is 0.380 e. The lowest BCUT2D eigenvalue weighted by molar-refractivity contribution is 0.134. The van der Waals surface area contributed by atoms with E-state index in [9.17, 15) is 0 Å². The second kappa shape index (κ2) is 9.55. The van der Waals surface area contributed by atoms with Crippen LogP contribution in [0.2, 0.25) is 0 Å². The van der Waals surface area contributed by atoms with Crippen LogP contribution in [-0.4, -0.2) is 60.3 Å². The number of hydrogen-bond donors (Lipinski definition) is 1. The maximum Gasteiger partial charge on any atom is 0.193 e. The van der Waals surface area contributed by atoms with Gasteiger partial charge in [-0.25, -0.2) is 4.98 Å². The molecule has 0 radical (unpaired) electrons. The van der Waals surface area contributed by atoms with Crippen LogP contribution in [0.3, 0.4) is 0 Å². The van der Waals surface area contributed by atoms with E-state index in [-0.39, 0.29) is 0 Å². The summed E-state index contributed by atoms with van der Waals surface area (Å²) in [4.78, 5) is 11.0. The fourth-order valence-corrected chi connectivity index (χ4v) is 3.01. The van der Waals surface area contributed by atoms with Crippen LogP contribution >= 0.6 is 0 Å². The van der Waals surface area contributed by atoms with E-state index in [1.165, 1.54) is 6.42 Å². The second-order valence-electron chi connectivity index (χ2n) is 6.23. The molecule has 1 saturated heterocycles. The van der Waals surface area contributed by atoms with Crippen molar-refractivity contribution >= 4 is 5.96 Å². The van der Waals surface area contributed by atoms with E-state index >= 15 is 0 Å². The molecule has 6 heteroatoms. The maximum atomic E-state index is 5.60. The van der Waals surface area contributed by atoms with Crippen molar-refractivity contribution in [1.82, 2.24) is 19.8 Å². The van der Waals surface area contributed by atoms with E-state index in [0.29, 0.717) is 12.0 Å². The molecule has 1 N–H and O–H groups in total. The Morgan fingerprint density at radius 1 is 1.43 bits per heavy atom. The Hall–Kier alpha value is -1.56. The van der Waals surface area contributed by atoms with Gasteiger partial charge in [0.05, 0.1) is 19.0 Å². The molecule has 6 nitrogen and oxygen atoms in total. The Morgan fingerprint density at radius 2 is 2.30 bits per heavy atom. The van der Waals surface area contributed by atoms with Crippen LogP contribution < -0.4 is 5.32 Å². The average molecular weight is 321 g/mol. The summed E-state index contributed by atoms with van der Waals surface area (Å²) < 4.78 is 7.83. The number of likely N-dealkylation sites (tertiary alicyclic amines) is 1. The summed E-state index contributed by atoms with van der Waals surface area (Å²) in [7, 11) is 1.85. The van der Waals surface area contributed by atoms with Gasteiger partial charge in [0.15, 0.2) is 5.96 Å². The Bertz CT molecular complexity index is 460. The highest BCUT2D eigenvalue weighted by Crippen LogP contribution is 2.27. The number of guanidine groups is 1. The summed E-state index contributed by atoms with van der Waals surface area (Å²) in [6.45, 7) is 8.89. The molecule has 1 aromatic rings. The number of imidazole rings is 1. The molecule has 1 aliphatic heterocycles. The van der Waals surface area contributed by atoms with E-state index < -0.39 is 0 Å². The lowest BCUT2D eigenvalue weighted by Crippen LogP contribution is -2.49. The van der Waals surface area contributed by atoms with Crippen LogP contribution in [0.1, 0.15) is 39.2 Å². The summed E-state index contributed by atoms with van der Waals surface area (Å²) in [6.07, 6.45) is 9.30. The summed E-state index contributed by atoms with van der Waals surface area (Å²) in [5.41, 5.74) is 0. The van der Waals surface area contributed by atoms with Gasteiger partial charge in [-0.05, 0) is 18.8 Å². The van der Waals surface area contributed by atoms with Crippen LogP contribution in [-0.2, 0) is 4.74 Å². The van der Waals surface area contributed by atoms with E-state index in [2.05, 4.69) is 44.8 Å². The summed E-state index contributed by atoms with van der Waals surface area (Å²) in [5.74, 6) is 1.62. The van der Waals surface area contributed by atoms with Gasteiger partial charge in [-0.15, -0.1) is 0 Å². The summed E-state index contributed by atoms with van der Waals surface area (Å²) in [6, 6.07) is 0.450. The lowest BCUT2D eigenvalue weighted by atomic mass is 9.93. The number of nitrogens with one attached hydrogen (secondary N) is 1. The van der Waals surface area contributed by atoms with Crippen molar-refractivity contribution in [2.75, 3.05) is 39.9 Å². The molecule has 2 atom stereocenters. The number of piperidine rings is 1. The second-order valence-corrected chi connectivity index (χ2v) is 6.23. The van der Waals surface area contributed by atoms with Crippen LogP contribution in [0.25, 0.3) is 0 Å². The Balaban J connectivity index is 1.81. The third kappa shape index (κ3) is 5.23. The molecule has 1 fully saturated rings. The topological polar surface area (TPSA) is 54.7 Å². The lowest BCUT2D eigenvalue weighted by Gasteiger charge is -2.39. The van der Waals surface area contributed by atoms with Crippen LogP contribution in [0.4, 0.5) is 0 Å². The molecular formula is C17H31N5O. The van der Waals surface area contributed by atoms with Gasteiger partial charge in [0.1, 0.15) is 0 Å². The molecule has 23 heavy (non-hydrogen) atoms. The number of aromatic nitrogens is 2. The molecule has 1 aliphatic rings. The first-order valence-electron chi connectivity index (χ1n) is 8.77. The van der Waals surface area contributed by atoms with Crippen molar-refractivity contribution < 1.29 is 4.74 Å². The predicted octanol–water partition coefficient (Wildman–Crippen LogP) is 2.16. The molecule has 0 saturated carbocycles. The van der Waals surface area contributed by atoms with Crippen molar-refractivity contribution in [1.29, 1.82) is 0 Å². The standard InChI is InChI=1S/C17H31N5O/c1-4-5-11-23-12-8-20-17(18-3)21-9-6-15(2)16(13-21)22-10-7-19-14-22/h7,10,14-16H,4-6,8-9,11-13H2,1-3H3,(H,18,20). The molecule has 0 bridgehead atoms. The van der Waals surface area contributed by atoms with Gasteiger partial charge in [-0.2, -0.15) is 0 Å². The molecule has 2 rings (SSSR count). The molecule has 2 unspecified atom stereocenters. The van der Waals surface area contributed by atoms with Crippen LogP contribution in [0.5, 0.6) is 0 Å². The minimum atomic E-state index is 0.450. The van der Waals surface area contributed by atoms with Gasteiger partial charge in [0.2, 0.25) is 0 Å². The molecule has 0 aliphatic carbocycles. The zero-order valence-corrected chi connectivity index (χ0v) is 14.7. The summed E-state index contributed by atoms with van der Waals surface area (Å²) >= 11 is 0. The molecule has 1 aromatic heterocycles. The smallest absolute Gasteiger partial charge is 0.193 e. The molecule has 0 aromatic carbocycles. The quantitative estimate of drug-likeness (QED) is 0.475. The van der Waals surface area contributed by atoms with Gasteiger partial charge in [-0.1, -0.05) is 20.3 Å². The number of aliphatic imine (C=N–C) groups is 1. The highest BCUT2D eigenvalue weighted by molar-refractivity contribution is 5.80. The summed E-state index contributed by atoms with van der Waals surface area (Å²) in [5, 5.41) is 3.42. The van der Waals surface area contributed by atoms with Crippen LogP contribution in [0.15, 0.2) is 23.7 Å². The fourth-order valence-electron chi connectivity index (χ4n) is 3.01. The number of unbranched alkanes of at least 4 members (excludes halogenated alkanes) is 1. The first-order chi connectivity index (χ1) is 11.3. The molecule has 0 amide bonds.